The molecule has 18 heavy (non-hydrogen) atoms. The first-order chi connectivity index (χ1) is 8.66. The predicted octanol–water partition coefficient (Wildman–Crippen LogP) is 3.30. The zero-order chi connectivity index (χ0) is 12.7. The molecular weight excluding hydrogens is 234 g/mol. The van der Waals surface area contributed by atoms with Crippen molar-refractivity contribution in [3.05, 3.63) is 35.4 Å². The van der Waals surface area contributed by atoms with Crippen LogP contribution in [0.3, 0.4) is 0 Å². The van der Waals surface area contributed by atoms with E-state index < -0.39 is 17.7 Å². The Morgan fingerprint density at radius 2 is 1.78 bits per heavy atom. The topological polar surface area (TPSA) is 20.2 Å². The molecule has 3 unspecified atom stereocenters. The first-order valence-corrected chi connectivity index (χ1v) is 6.79. The summed E-state index contributed by atoms with van der Waals surface area (Å²) in [5, 5.41) is 10.2. The van der Waals surface area contributed by atoms with Gasteiger partial charge in [-0.2, -0.15) is 0 Å². The summed E-state index contributed by atoms with van der Waals surface area (Å²) in [6.07, 6.45) is 5.04. The molecule has 2 aliphatic carbocycles. The molecule has 3 heteroatoms. The zero-order valence-corrected chi connectivity index (χ0v) is 10.3. The molecular formula is C15H18F2O. The first-order valence-electron chi connectivity index (χ1n) is 6.79. The van der Waals surface area contributed by atoms with Crippen LogP contribution in [0.4, 0.5) is 8.78 Å². The highest BCUT2D eigenvalue weighted by molar-refractivity contribution is 5.19. The van der Waals surface area contributed by atoms with Gasteiger partial charge in [-0.05, 0) is 54.7 Å². The fourth-order valence-electron chi connectivity index (χ4n) is 3.66. The molecule has 0 saturated heterocycles. The Hall–Kier alpha value is -0.960. The molecule has 0 aliphatic heterocycles. The fraction of sp³-hybridized carbons (Fsp3) is 0.600. The fourth-order valence-corrected chi connectivity index (χ4v) is 3.66. The highest BCUT2D eigenvalue weighted by atomic mass is 19.2. The van der Waals surface area contributed by atoms with E-state index in [1.54, 1.807) is 6.07 Å². The lowest BCUT2D eigenvalue weighted by atomic mass is 10.0. The number of aliphatic hydroxyl groups excluding tert-OH is 1. The second kappa shape index (κ2) is 4.61. The first kappa shape index (κ1) is 12.1. The maximum absolute atomic E-state index is 13.1. The van der Waals surface area contributed by atoms with Crippen molar-refractivity contribution in [3.8, 4) is 0 Å². The van der Waals surface area contributed by atoms with Gasteiger partial charge in [0.05, 0.1) is 6.10 Å². The van der Waals surface area contributed by atoms with Gasteiger partial charge in [0.25, 0.3) is 0 Å². The molecule has 0 amide bonds. The predicted molar refractivity (Wildman–Crippen MR) is 65.0 cm³/mol. The summed E-state index contributed by atoms with van der Waals surface area (Å²) in [5.41, 5.74) is 0.685. The molecule has 2 fully saturated rings. The van der Waals surface area contributed by atoms with Crippen molar-refractivity contribution >= 4 is 0 Å². The van der Waals surface area contributed by atoms with Crippen molar-refractivity contribution < 1.29 is 13.9 Å². The van der Waals surface area contributed by atoms with E-state index in [1.165, 1.54) is 31.7 Å². The lowest BCUT2D eigenvalue weighted by Gasteiger charge is -2.10. The molecule has 1 nitrogen and oxygen atoms in total. The molecule has 0 heterocycles. The third-order valence-corrected chi connectivity index (χ3v) is 4.60. The molecule has 1 aromatic rings. The van der Waals surface area contributed by atoms with Gasteiger partial charge in [-0.3, -0.25) is 0 Å². The Morgan fingerprint density at radius 1 is 1.11 bits per heavy atom. The monoisotopic (exact) mass is 252 g/mol. The number of halogens is 2. The maximum atomic E-state index is 13.1. The van der Waals surface area contributed by atoms with Crippen LogP contribution in [0.2, 0.25) is 0 Å². The van der Waals surface area contributed by atoms with Crippen molar-refractivity contribution in [3.63, 3.8) is 0 Å². The van der Waals surface area contributed by atoms with Crippen LogP contribution in [0.5, 0.6) is 0 Å². The van der Waals surface area contributed by atoms with Crippen molar-refractivity contribution in [1.82, 2.24) is 0 Å². The SMILES string of the molecule is OC(Cc1ccc(F)c(F)c1)C1C2CCCCC21. The Labute approximate surface area is 106 Å². The molecule has 0 bridgehead atoms. The van der Waals surface area contributed by atoms with E-state index in [9.17, 15) is 13.9 Å². The third kappa shape index (κ3) is 2.16. The highest BCUT2D eigenvalue weighted by Gasteiger charge is 2.53. The Morgan fingerprint density at radius 3 is 2.39 bits per heavy atom. The summed E-state index contributed by atoms with van der Waals surface area (Å²) >= 11 is 0. The van der Waals surface area contributed by atoms with Crippen molar-refractivity contribution in [2.75, 3.05) is 0 Å². The third-order valence-electron chi connectivity index (χ3n) is 4.60. The van der Waals surface area contributed by atoms with Crippen LogP contribution in [0, 0.1) is 29.4 Å². The molecule has 2 saturated carbocycles. The second-order valence-corrected chi connectivity index (χ2v) is 5.71. The minimum Gasteiger partial charge on any atom is -0.392 e. The Balaban J connectivity index is 1.64. The van der Waals surface area contributed by atoms with Crippen LogP contribution in [0.15, 0.2) is 18.2 Å². The van der Waals surface area contributed by atoms with Gasteiger partial charge < -0.3 is 5.11 Å². The van der Waals surface area contributed by atoms with Crippen LogP contribution < -0.4 is 0 Å². The van der Waals surface area contributed by atoms with E-state index in [0.29, 0.717) is 29.7 Å². The van der Waals surface area contributed by atoms with Crippen molar-refractivity contribution in [2.24, 2.45) is 17.8 Å². The van der Waals surface area contributed by atoms with Crippen LogP contribution in [0.1, 0.15) is 31.2 Å². The Kier molecular flexibility index (Phi) is 3.10. The molecule has 98 valence electrons. The summed E-state index contributed by atoms with van der Waals surface area (Å²) < 4.78 is 25.9. The number of aliphatic hydroxyl groups is 1. The van der Waals surface area contributed by atoms with Gasteiger partial charge >= 0.3 is 0 Å². The average molecular weight is 252 g/mol. The summed E-state index contributed by atoms with van der Waals surface area (Å²) in [7, 11) is 0. The quantitative estimate of drug-likeness (QED) is 0.875. The van der Waals surface area contributed by atoms with Gasteiger partial charge in [0, 0.05) is 0 Å². The van der Waals surface area contributed by atoms with Crippen LogP contribution in [-0.2, 0) is 6.42 Å². The molecule has 2 aliphatic rings. The lowest BCUT2D eigenvalue weighted by molar-refractivity contribution is 0.140. The van der Waals surface area contributed by atoms with Gasteiger partial charge in [0.15, 0.2) is 11.6 Å². The van der Waals surface area contributed by atoms with E-state index in [4.69, 9.17) is 0 Å². The van der Waals surface area contributed by atoms with Crippen molar-refractivity contribution in [1.29, 1.82) is 0 Å². The van der Waals surface area contributed by atoms with E-state index in [1.807, 2.05) is 0 Å². The van der Waals surface area contributed by atoms with E-state index in [0.717, 1.165) is 6.07 Å². The van der Waals surface area contributed by atoms with Crippen LogP contribution in [0.25, 0.3) is 0 Å². The molecule has 0 aromatic heterocycles. The smallest absolute Gasteiger partial charge is 0.159 e. The van der Waals surface area contributed by atoms with E-state index in [2.05, 4.69) is 0 Å². The van der Waals surface area contributed by atoms with Crippen LogP contribution >= 0.6 is 0 Å². The van der Waals surface area contributed by atoms with Crippen LogP contribution in [-0.4, -0.2) is 11.2 Å². The Bertz CT molecular complexity index is 434. The van der Waals surface area contributed by atoms with E-state index in [-0.39, 0.29) is 0 Å². The number of hydrogen-bond donors (Lipinski definition) is 1. The largest absolute Gasteiger partial charge is 0.392 e. The zero-order valence-electron chi connectivity index (χ0n) is 10.3. The van der Waals surface area contributed by atoms with Gasteiger partial charge in [0.1, 0.15) is 0 Å². The molecule has 3 atom stereocenters. The summed E-state index contributed by atoms with van der Waals surface area (Å²) in [6.45, 7) is 0. The second-order valence-electron chi connectivity index (χ2n) is 5.71. The molecule has 0 spiro atoms. The number of hydrogen-bond acceptors (Lipinski definition) is 1. The van der Waals surface area contributed by atoms with Crippen molar-refractivity contribution in [2.45, 2.75) is 38.2 Å². The summed E-state index contributed by atoms with van der Waals surface area (Å²) in [5.74, 6) is 0.0972. The average Bonchev–Trinajstić information content (AvgIpc) is 3.08. The number of benzene rings is 1. The standard InChI is InChI=1S/C15H18F2O/c16-12-6-5-9(7-13(12)17)8-14(18)15-10-3-1-2-4-11(10)15/h5-7,10-11,14-15,18H,1-4,8H2. The molecule has 1 aromatic carbocycles. The molecule has 3 rings (SSSR count). The van der Waals surface area contributed by atoms with E-state index >= 15 is 0 Å². The molecule has 1 N–H and O–H groups in total. The minimum absolute atomic E-state index is 0.389. The summed E-state index contributed by atoms with van der Waals surface area (Å²) in [4.78, 5) is 0. The summed E-state index contributed by atoms with van der Waals surface area (Å²) in [6, 6.07) is 3.90. The van der Waals surface area contributed by atoms with Gasteiger partial charge in [-0.1, -0.05) is 18.9 Å². The van der Waals surface area contributed by atoms with Gasteiger partial charge in [-0.25, -0.2) is 8.78 Å². The van der Waals surface area contributed by atoms with Gasteiger partial charge in [-0.15, -0.1) is 0 Å². The number of fused-ring (bicyclic) bond motifs is 1. The van der Waals surface area contributed by atoms with Gasteiger partial charge in [0.2, 0.25) is 0 Å². The normalized spacial score (nSPS) is 31.8. The maximum Gasteiger partial charge on any atom is 0.159 e. The lowest BCUT2D eigenvalue weighted by Crippen LogP contribution is -2.15. The number of rotatable bonds is 3. The highest BCUT2D eigenvalue weighted by Crippen LogP contribution is 2.57. The minimum atomic E-state index is -0.826. The molecule has 0 radical (unpaired) electrons.